The number of rotatable bonds is 6. The molecule has 8 heteroatoms. The minimum Gasteiger partial charge on any atom is -0.480 e. The number of hydrogen-bond donors (Lipinski definition) is 5. The molecule has 0 aromatic heterocycles. The van der Waals surface area contributed by atoms with Gasteiger partial charge in [0.1, 0.15) is 11.7 Å². The highest BCUT2D eigenvalue weighted by Crippen LogP contribution is 2.54. The first-order valence-electron chi connectivity index (χ1n) is 7.51. The molecule has 0 heterocycles. The first-order valence-corrected chi connectivity index (χ1v) is 7.51. The number of carboxylic acid groups (broad SMARTS) is 1. The fourth-order valence-electron chi connectivity index (χ4n) is 4.33. The summed E-state index contributed by atoms with van der Waals surface area (Å²) in [5.41, 5.74) is 4.69. The number of alkyl halides is 1. The summed E-state index contributed by atoms with van der Waals surface area (Å²) in [6.45, 7) is 0. The molecule has 120 valence electrons. The van der Waals surface area contributed by atoms with E-state index in [-0.39, 0.29) is 30.6 Å². The van der Waals surface area contributed by atoms with Crippen molar-refractivity contribution in [3.63, 3.8) is 0 Å². The molecule has 2 rings (SSSR count). The van der Waals surface area contributed by atoms with Crippen LogP contribution in [0.1, 0.15) is 25.7 Å². The lowest BCUT2D eigenvalue weighted by molar-refractivity contribution is -0.145. The summed E-state index contributed by atoms with van der Waals surface area (Å²) < 4.78 is 14.6. The summed E-state index contributed by atoms with van der Waals surface area (Å²) in [5.74, 6) is -1.94. The topological polar surface area (TPSA) is 116 Å². The largest absolute Gasteiger partial charge is 0.480 e. The van der Waals surface area contributed by atoms with E-state index in [0.717, 1.165) is 0 Å². The zero-order valence-corrected chi connectivity index (χ0v) is 12.2. The second kappa shape index (κ2) is 6.20. The summed E-state index contributed by atoms with van der Waals surface area (Å²) >= 11 is 0. The van der Waals surface area contributed by atoms with E-state index in [1.807, 2.05) is 0 Å². The van der Waals surface area contributed by atoms with Gasteiger partial charge in [-0.1, -0.05) is 6.42 Å². The zero-order chi connectivity index (χ0) is 15.8. The van der Waals surface area contributed by atoms with Gasteiger partial charge in [0.2, 0.25) is 0 Å². The van der Waals surface area contributed by atoms with Crippen molar-refractivity contribution in [3.05, 3.63) is 0 Å². The number of fused-ring (bicyclic) bond motifs is 1. The predicted molar refractivity (Wildman–Crippen MR) is 76.2 cm³/mol. The van der Waals surface area contributed by atoms with Crippen LogP contribution in [0, 0.1) is 17.8 Å². The van der Waals surface area contributed by atoms with Gasteiger partial charge in [0, 0.05) is 6.04 Å². The van der Waals surface area contributed by atoms with E-state index in [9.17, 15) is 14.3 Å². The normalized spacial score (nSPS) is 42.0. The Bertz CT molecular complexity index is 400. The molecule has 2 aliphatic rings. The molecule has 0 amide bonds. The highest BCUT2D eigenvalue weighted by atomic mass is 19.1. The molecule has 2 fully saturated rings. The summed E-state index contributed by atoms with van der Waals surface area (Å²) in [7, 11) is 0.288. The maximum Gasteiger partial charge on any atom is 0.451 e. The molecule has 0 radical (unpaired) electrons. The minimum atomic E-state index is -1.42. The third kappa shape index (κ3) is 2.95. The van der Waals surface area contributed by atoms with Crippen LogP contribution in [0.15, 0.2) is 0 Å². The van der Waals surface area contributed by atoms with Gasteiger partial charge in [0.15, 0.2) is 0 Å². The molecule has 0 aliphatic heterocycles. The number of nitrogens with one attached hydrogen (secondary N) is 1. The van der Waals surface area contributed by atoms with E-state index in [1.54, 1.807) is 7.05 Å². The van der Waals surface area contributed by atoms with E-state index in [0.29, 0.717) is 19.3 Å². The molecule has 6 atom stereocenters. The monoisotopic (exact) mass is 302 g/mol. The average molecular weight is 302 g/mol. The van der Waals surface area contributed by atoms with Gasteiger partial charge in [0.25, 0.3) is 0 Å². The Morgan fingerprint density at radius 1 is 1.52 bits per heavy atom. The number of carbonyl (C=O) groups is 1. The van der Waals surface area contributed by atoms with Crippen LogP contribution in [-0.2, 0) is 4.79 Å². The molecule has 2 aliphatic carbocycles. The Hall–Kier alpha value is -0.695. The third-order valence-corrected chi connectivity index (χ3v) is 5.33. The van der Waals surface area contributed by atoms with Gasteiger partial charge in [-0.15, -0.1) is 0 Å². The van der Waals surface area contributed by atoms with Crippen LogP contribution in [-0.4, -0.2) is 53.0 Å². The Morgan fingerprint density at radius 2 is 2.19 bits per heavy atom. The second-order valence-corrected chi connectivity index (χ2v) is 6.48. The molecule has 2 saturated carbocycles. The second-order valence-electron chi connectivity index (χ2n) is 6.48. The quantitative estimate of drug-likeness (QED) is 0.427. The van der Waals surface area contributed by atoms with Crippen LogP contribution < -0.4 is 11.1 Å². The van der Waals surface area contributed by atoms with Crippen LogP contribution in [0.25, 0.3) is 0 Å². The molecule has 0 aromatic rings. The number of halogens is 1. The molecule has 0 aromatic carbocycles. The van der Waals surface area contributed by atoms with E-state index in [1.165, 1.54) is 0 Å². The van der Waals surface area contributed by atoms with E-state index < -0.39 is 30.7 Å². The van der Waals surface area contributed by atoms with Crippen molar-refractivity contribution >= 4 is 13.1 Å². The molecular formula is C13H24BFN2O4. The van der Waals surface area contributed by atoms with Crippen LogP contribution in [0.3, 0.4) is 0 Å². The summed E-state index contributed by atoms with van der Waals surface area (Å²) in [6.07, 6.45) is 0.767. The van der Waals surface area contributed by atoms with Crippen molar-refractivity contribution in [2.75, 3.05) is 7.05 Å². The number of aliphatic carboxylic acids is 1. The van der Waals surface area contributed by atoms with Crippen molar-refractivity contribution in [2.24, 2.45) is 23.5 Å². The standard InChI is InChI=1S/C13H24BFN2O4/c1-17-9-5-7-6-13(16,12(18)19)8(10(7)11(9)15)3-2-4-14(20)21/h7-11,17,20-21H,2-6,16H2,1H3,(H,18,19)/t7?,8?,9?,10-,11?,13?/m1/s1. The Morgan fingerprint density at radius 3 is 2.71 bits per heavy atom. The maximum atomic E-state index is 14.6. The minimum absolute atomic E-state index is 0.0254. The molecule has 5 unspecified atom stereocenters. The Labute approximate surface area is 124 Å². The summed E-state index contributed by atoms with van der Waals surface area (Å²) in [4.78, 5) is 11.6. The van der Waals surface area contributed by atoms with E-state index in [2.05, 4.69) is 5.32 Å². The first kappa shape index (κ1) is 16.7. The van der Waals surface area contributed by atoms with Gasteiger partial charge in [-0.05, 0) is 50.4 Å². The lowest BCUT2D eigenvalue weighted by atomic mass is 9.75. The van der Waals surface area contributed by atoms with Gasteiger partial charge in [-0.2, -0.15) is 0 Å². The van der Waals surface area contributed by atoms with Crippen molar-refractivity contribution in [2.45, 2.75) is 49.8 Å². The van der Waals surface area contributed by atoms with E-state index in [4.69, 9.17) is 15.8 Å². The molecule has 0 spiro atoms. The van der Waals surface area contributed by atoms with Crippen LogP contribution in [0.5, 0.6) is 0 Å². The third-order valence-electron chi connectivity index (χ3n) is 5.33. The number of hydrogen-bond acceptors (Lipinski definition) is 5. The average Bonchev–Trinajstić information content (AvgIpc) is 2.85. The van der Waals surface area contributed by atoms with Gasteiger partial charge in [-0.25, -0.2) is 4.39 Å². The van der Waals surface area contributed by atoms with Crippen molar-refractivity contribution < 1.29 is 24.3 Å². The van der Waals surface area contributed by atoms with Crippen LogP contribution >= 0.6 is 0 Å². The Kier molecular flexibility index (Phi) is 4.92. The molecule has 6 N–H and O–H groups in total. The Balaban J connectivity index is 2.15. The lowest BCUT2D eigenvalue weighted by Crippen LogP contribution is -2.53. The number of carboxylic acids is 1. The van der Waals surface area contributed by atoms with E-state index >= 15 is 0 Å². The SMILES string of the molecule is CNC1CC2CC(N)(C(=O)O)C(CCCB(O)O)[C@@H]2C1F. The van der Waals surface area contributed by atoms with Gasteiger partial charge in [-0.3, -0.25) is 4.79 Å². The molecule has 21 heavy (non-hydrogen) atoms. The first-order chi connectivity index (χ1) is 9.81. The van der Waals surface area contributed by atoms with Crippen LogP contribution in [0.4, 0.5) is 4.39 Å². The highest BCUT2D eigenvalue weighted by Gasteiger charge is 2.61. The van der Waals surface area contributed by atoms with Crippen LogP contribution in [0.2, 0.25) is 6.32 Å². The molecule has 6 nitrogen and oxygen atoms in total. The zero-order valence-electron chi connectivity index (χ0n) is 12.2. The van der Waals surface area contributed by atoms with Crippen molar-refractivity contribution in [1.29, 1.82) is 0 Å². The summed E-state index contributed by atoms with van der Waals surface area (Å²) in [5, 5.41) is 30.2. The fourth-order valence-corrected chi connectivity index (χ4v) is 4.33. The highest BCUT2D eigenvalue weighted by molar-refractivity contribution is 6.40. The van der Waals surface area contributed by atoms with Gasteiger partial charge < -0.3 is 26.2 Å². The number of nitrogens with two attached hydrogens (primary N) is 1. The fraction of sp³-hybridized carbons (Fsp3) is 0.923. The van der Waals surface area contributed by atoms with Crippen molar-refractivity contribution in [3.8, 4) is 0 Å². The molecule has 0 bridgehead atoms. The smallest absolute Gasteiger partial charge is 0.451 e. The molecular weight excluding hydrogens is 278 g/mol. The lowest BCUT2D eigenvalue weighted by Gasteiger charge is -2.32. The van der Waals surface area contributed by atoms with Gasteiger partial charge in [0.05, 0.1) is 0 Å². The van der Waals surface area contributed by atoms with Gasteiger partial charge >= 0.3 is 13.1 Å². The summed E-state index contributed by atoms with van der Waals surface area (Å²) in [6, 6.07) is -0.246. The maximum absolute atomic E-state index is 14.6. The van der Waals surface area contributed by atoms with Crippen molar-refractivity contribution in [1.82, 2.24) is 5.32 Å². The predicted octanol–water partition coefficient (Wildman–Crippen LogP) is -0.396. The molecule has 0 saturated heterocycles.